The van der Waals surface area contributed by atoms with Crippen molar-refractivity contribution in [2.75, 3.05) is 0 Å². The lowest BCUT2D eigenvalue weighted by Gasteiger charge is -2.09. The van der Waals surface area contributed by atoms with Gasteiger partial charge in [-0.2, -0.15) is 0 Å². The van der Waals surface area contributed by atoms with Gasteiger partial charge in [-0.05, 0) is 55.8 Å². The van der Waals surface area contributed by atoms with Crippen molar-refractivity contribution in [2.45, 2.75) is 13.8 Å². The van der Waals surface area contributed by atoms with Crippen LogP contribution in [0.5, 0.6) is 0 Å². The number of hydrogen-bond donors (Lipinski definition) is 0. The number of carbonyl (C=O) groups excluding carboxylic acids is 2. The minimum atomic E-state index is -0.579. The summed E-state index contributed by atoms with van der Waals surface area (Å²) in [6.45, 7) is 3.46. The van der Waals surface area contributed by atoms with Crippen molar-refractivity contribution in [3.63, 3.8) is 0 Å². The summed E-state index contributed by atoms with van der Waals surface area (Å²) in [5, 5.41) is 4.32. The largest absolute Gasteiger partial charge is 0.365 e. The van der Waals surface area contributed by atoms with Crippen LogP contribution in [0.2, 0.25) is 5.02 Å². The van der Waals surface area contributed by atoms with E-state index in [4.69, 9.17) is 16.4 Å². The molecule has 0 amide bonds. The monoisotopic (exact) mass is 289 g/mol. The summed E-state index contributed by atoms with van der Waals surface area (Å²) < 4.78 is 0. The van der Waals surface area contributed by atoms with E-state index in [1.807, 2.05) is 0 Å². The van der Waals surface area contributed by atoms with Gasteiger partial charge in [0.25, 0.3) is 0 Å². The summed E-state index contributed by atoms with van der Waals surface area (Å²) in [6, 6.07) is 6.30. The molecule has 0 fully saturated rings. The van der Waals surface area contributed by atoms with Gasteiger partial charge < -0.3 is 4.84 Å². The van der Waals surface area contributed by atoms with Gasteiger partial charge in [0.1, 0.15) is 5.71 Å². The molecule has 5 heteroatoms. The Morgan fingerprint density at radius 2 is 1.75 bits per heavy atom. The highest BCUT2D eigenvalue weighted by Gasteiger charge is 2.15. The van der Waals surface area contributed by atoms with E-state index in [1.165, 1.54) is 12.2 Å². The number of ketones is 1. The van der Waals surface area contributed by atoms with Gasteiger partial charge in [0.2, 0.25) is 0 Å². The molecule has 1 aromatic carbocycles. The molecule has 1 aliphatic rings. The lowest BCUT2D eigenvalue weighted by atomic mass is 9.97. The first-order valence-electron chi connectivity index (χ1n) is 5.94. The molecule has 2 rings (SSSR count). The first kappa shape index (κ1) is 14.2. The van der Waals surface area contributed by atoms with Crippen molar-refractivity contribution in [3.8, 4) is 0 Å². The predicted molar refractivity (Wildman–Crippen MR) is 76.8 cm³/mol. The molecule has 0 atom stereocenters. The van der Waals surface area contributed by atoms with Crippen molar-refractivity contribution in [1.29, 1.82) is 0 Å². The van der Waals surface area contributed by atoms with Gasteiger partial charge >= 0.3 is 5.97 Å². The highest BCUT2D eigenvalue weighted by molar-refractivity contribution is 6.30. The average Bonchev–Trinajstić information content (AvgIpc) is 2.44. The summed E-state index contributed by atoms with van der Waals surface area (Å²) >= 11 is 5.74. The Morgan fingerprint density at radius 1 is 1.10 bits per heavy atom. The molecule has 1 aliphatic carbocycles. The van der Waals surface area contributed by atoms with Gasteiger partial charge in [-0.25, -0.2) is 4.79 Å². The molecule has 0 heterocycles. The fourth-order valence-corrected chi connectivity index (χ4v) is 1.74. The molecule has 0 unspecified atom stereocenters. The van der Waals surface area contributed by atoms with Crippen LogP contribution in [-0.4, -0.2) is 17.5 Å². The molecule has 0 N–H and O–H groups in total. The van der Waals surface area contributed by atoms with E-state index in [9.17, 15) is 9.59 Å². The first-order chi connectivity index (χ1) is 9.49. The van der Waals surface area contributed by atoms with Crippen LogP contribution < -0.4 is 0 Å². The SMILES string of the molecule is CC1=C(C)/C(=N\OC(=O)c2ccc(Cl)cc2)C=CC1=O. The molecule has 0 saturated carbocycles. The molecule has 4 nitrogen and oxygen atoms in total. The fraction of sp³-hybridized carbons (Fsp3) is 0.133. The summed E-state index contributed by atoms with van der Waals surface area (Å²) in [5.74, 6) is -0.643. The van der Waals surface area contributed by atoms with Crippen molar-refractivity contribution >= 4 is 29.1 Å². The average molecular weight is 290 g/mol. The lowest BCUT2D eigenvalue weighted by molar-refractivity contribution is -0.111. The molecule has 0 aromatic heterocycles. The predicted octanol–water partition coefficient (Wildman–Crippen LogP) is 3.33. The van der Waals surface area contributed by atoms with E-state index in [0.29, 0.717) is 27.4 Å². The van der Waals surface area contributed by atoms with Crippen molar-refractivity contribution in [3.05, 3.63) is 58.1 Å². The minimum absolute atomic E-state index is 0.0644. The zero-order valence-electron chi connectivity index (χ0n) is 11.0. The first-order valence-corrected chi connectivity index (χ1v) is 6.32. The van der Waals surface area contributed by atoms with Gasteiger partial charge in [-0.3, -0.25) is 4.79 Å². The van der Waals surface area contributed by atoms with Crippen LogP contribution in [0.25, 0.3) is 0 Å². The Kier molecular flexibility index (Phi) is 4.15. The van der Waals surface area contributed by atoms with E-state index >= 15 is 0 Å². The van der Waals surface area contributed by atoms with Gasteiger partial charge in [0, 0.05) is 10.6 Å². The minimum Gasteiger partial charge on any atom is -0.312 e. The molecule has 0 bridgehead atoms. The zero-order chi connectivity index (χ0) is 14.7. The number of halogens is 1. The van der Waals surface area contributed by atoms with Crippen LogP contribution in [-0.2, 0) is 9.63 Å². The van der Waals surface area contributed by atoms with Crippen molar-refractivity contribution in [1.82, 2.24) is 0 Å². The van der Waals surface area contributed by atoms with Crippen LogP contribution in [0.4, 0.5) is 0 Å². The summed E-state index contributed by atoms with van der Waals surface area (Å²) in [7, 11) is 0. The van der Waals surface area contributed by atoms with E-state index in [0.717, 1.165) is 0 Å². The number of benzene rings is 1. The fourth-order valence-electron chi connectivity index (χ4n) is 1.61. The van der Waals surface area contributed by atoms with Crippen LogP contribution in [0.15, 0.2) is 52.7 Å². The Balaban J connectivity index is 2.14. The normalized spacial score (nSPS) is 16.8. The van der Waals surface area contributed by atoms with Crippen LogP contribution in [0.3, 0.4) is 0 Å². The lowest BCUT2D eigenvalue weighted by Crippen LogP contribution is -2.12. The second-order valence-corrected chi connectivity index (χ2v) is 4.75. The smallest absolute Gasteiger partial charge is 0.312 e. The number of rotatable bonds is 2. The third-order valence-corrected chi connectivity index (χ3v) is 3.27. The van der Waals surface area contributed by atoms with Gasteiger partial charge in [0.15, 0.2) is 5.78 Å². The van der Waals surface area contributed by atoms with Crippen molar-refractivity contribution < 1.29 is 14.4 Å². The van der Waals surface area contributed by atoms with Gasteiger partial charge in [-0.15, -0.1) is 0 Å². The Bertz CT molecular complexity index is 654. The van der Waals surface area contributed by atoms with E-state index in [-0.39, 0.29) is 5.78 Å². The molecule has 1 aromatic rings. The third kappa shape index (κ3) is 3.03. The standard InChI is InChI=1S/C15H12ClNO3/c1-9-10(2)14(18)8-7-13(9)17-20-15(19)11-3-5-12(16)6-4-11/h3-8H,1-2H3/b17-13-. The van der Waals surface area contributed by atoms with Crippen LogP contribution in [0.1, 0.15) is 24.2 Å². The Hall–Kier alpha value is -2.20. The Morgan fingerprint density at radius 3 is 2.40 bits per heavy atom. The second kappa shape index (κ2) is 5.84. The van der Waals surface area contributed by atoms with Gasteiger partial charge in [0.05, 0.1) is 5.56 Å². The summed E-state index contributed by atoms with van der Waals surface area (Å²) in [4.78, 5) is 28.1. The number of oxime groups is 1. The number of carbonyl (C=O) groups is 2. The highest BCUT2D eigenvalue weighted by atomic mass is 35.5. The highest BCUT2D eigenvalue weighted by Crippen LogP contribution is 2.15. The molecular formula is C15H12ClNO3. The quantitative estimate of drug-likeness (QED) is 0.477. The molecular weight excluding hydrogens is 278 g/mol. The zero-order valence-corrected chi connectivity index (χ0v) is 11.8. The van der Waals surface area contributed by atoms with Crippen LogP contribution >= 0.6 is 11.6 Å². The molecule has 0 saturated heterocycles. The maximum absolute atomic E-state index is 11.8. The third-order valence-electron chi connectivity index (χ3n) is 3.02. The molecule has 20 heavy (non-hydrogen) atoms. The maximum atomic E-state index is 11.8. The molecule has 0 radical (unpaired) electrons. The number of hydrogen-bond acceptors (Lipinski definition) is 4. The summed E-state index contributed by atoms with van der Waals surface area (Å²) in [5.41, 5.74) is 2.10. The van der Waals surface area contributed by atoms with E-state index in [1.54, 1.807) is 38.1 Å². The topological polar surface area (TPSA) is 55.7 Å². The van der Waals surface area contributed by atoms with Gasteiger partial charge in [-0.1, -0.05) is 16.8 Å². The summed E-state index contributed by atoms with van der Waals surface area (Å²) in [6.07, 6.45) is 2.93. The van der Waals surface area contributed by atoms with Crippen molar-refractivity contribution in [2.24, 2.45) is 5.16 Å². The second-order valence-electron chi connectivity index (χ2n) is 4.31. The van der Waals surface area contributed by atoms with E-state index in [2.05, 4.69) is 5.16 Å². The maximum Gasteiger partial charge on any atom is 0.365 e. The molecule has 0 aliphatic heterocycles. The molecule has 102 valence electrons. The number of allylic oxidation sites excluding steroid dienone is 4. The Labute approximate surface area is 121 Å². The van der Waals surface area contributed by atoms with E-state index < -0.39 is 5.97 Å². The number of nitrogens with zero attached hydrogens (tertiary/aromatic N) is 1. The van der Waals surface area contributed by atoms with Crippen LogP contribution in [0, 0.1) is 0 Å². The molecule has 0 spiro atoms.